The molecule has 1 aliphatic rings. The maximum Gasteiger partial charge on any atom is 0.346 e. The fourth-order valence-corrected chi connectivity index (χ4v) is 1.53. The van der Waals surface area contributed by atoms with E-state index >= 15 is 0 Å². The van der Waals surface area contributed by atoms with E-state index in [0.29, 0.717) is 5.92 Å². The lowest BCUT2D eigenvalue weighted by Gasteiger charge is -2.13. The molecule has 0 saturated carbocycles. The molecule has 0 amide bonds. The topological polar surface area (TPSA) is 52.6 Å². The van der Waals surface area contributed by atoms with Crippen LogP contribution in [0.25, 0.3) is 0 Å². The van der Waals surface area contributed by atoms with Crippen LogP contribution in [0.3, 0.4) is 0 Å². The van der Waals surface area contributed by atoms with Gasteiger partial charge in [0.05, 0.1) is 13.0 Å². The number of allylic oxidation sites excluding steroid dienone is 1. The van der Waals surface area contributed by atoms with Crippen LogP contribution in [0.5, 0.6) is 0 Å². The van der Waals surface area contributed by atoms with Gasteiger partial charge in [-0.15, -0.1) is 0 Å². The molecule has 0 saturated heterocycles. The van der Waals surface area contributed by atoms with E-state index in [2.05, 4.69) is 4.74 Å². The van der Waals surface area contributed by atoms with Crippen molar-refractivity contribution in [3.05, 3.63) is 12.2 Å². The summed E-state index contributed by atoms with van der Waals surface area (Å²) in [6.07, 6.45) is 3.74. The average Bonchev–Trinajstić information content (AvgIpc) is 2.63. The molecule has 15 heavy (non-hydrogen) atoms. The van der Waals surface area contributed by atoms with Gasteiger partial charge in [0.15, 0.2) is 6.10 Å². The summed E-state index contributed by atoms with van der Waals surface area (Å²) in [5.74, 6) is -0.699. The largest absolute Gasteiger partial charge is 0.466 e. The molecule has 1 rings (SSSR count). The van der Waals surface area contributed by atoms with E-state index in [-0.39, 0.29) is 11.9 Å². The highest BCUT2D eigenvalue weighted by molar-refractivity contribution is 5.81. The van der Waals surface area contributed by atoms with Crippen LogP contribution in [0.1, 0.15) is 20.3 Å². The van der Waals surface area contributed by atoms with E-state index in [1.54, 1.807) is 0 Å². The molecule has 0 spiro atoms. The van der Waals surface area contributed by atoms with Crippen molar-refractivity contribution >= 4 is 11.9 Å². The van der Waals surface area contributed by atoms with Gasteiger partial charge in [0.1, 0.15) is 0 Å². The Balaban J connectivity index is 2.42. The lowest BCUT2D eigenvalue weighted by atomic mass is 10.1. The van der Waals surface area contributed by atoms with E-state index in [1.807, 2.05) is 19.1 Å². The van der Waals surface area contributed by atoms with Crippen molar-refractivity contribution in [2.45, 2.75) is 26.4 Å². The van der Waals surface area contributed by atoms with Gasteiger partial charge < -0.3 is 9.47 Å². The monoisotopic (exact) mass is 212 g/mol. The number of hydrogen-bond donors (Lipinski definition) is 0. The minimum Gasteiger partial charge on any atom is -0.466 e. The first-order chi connectivity index (χ1) is 7.04. The van der Waals surface area contributed by atoms with Crippen molar-refractivity contribution in [3.8, 4) is 0 Å². The van der Waals surface area contributed by atoms with E-state index in [4.69, 9.17) is 4.74 Å². The third-order valence-electron chi connectivity index (χ3n) is 2.43. The van der Waals surface area contributed by atoms with Crippen molar-refractivity contribution in [1.29, 1.82) is 0 Å². The molecule has 0 N–H and O–H groups in total. The normalized spacial score (nSPS) is 26.1. The third-order valence-corrected chi connectivity index (χ3v) is 2.43. The Bertz CT molecular complexity index is 282. The summed E-state index contributed by atoms with van der Waals surface area (Å²) < 4.78 is 9.43. The van der Waals surface area contributed by atoms with Crippen LogP contribution in [0, 0.1) is 11.8 Å². The fraction of sp³-hybridized carbons (Fsp3) is 0.636. The van der Waals surface area contributed by atoms with Gasteiger partial charge in [-0.1, -0.05) is 19.1 Å². The molecular weight excluding hydrogens is 196 g/mol. The number of hydrogen-bond acceptors (Lipinski definition) is 4. The predicted molar refractivity (Wildman–Crippen MR) is 54.0 cm³/mol. The molecule has 4 heteroatoms. The van der Waals surface area contributed by atoms with Crippen LogP contribution < -0.4 is 0 Å². The van der Waals surface area contributed by atoms with Gasteiger partial charge >= 0.3 is 11.9 Å². The quantitative estimate of drug-likeness (QED) is 0.522. The molecule has 0 aromatic heterocycles. The number of ether oxygens (including phenoxy) is 2. The number of rotatable bonds is 3. The van der Waals surface area contributed by atoms with Crippen LogP contribution in [0.2, 0.25) is 0 Å². The molecule has 4 nitrogen and oxygen atoms in total. The second-order valence-corrected chi connectivity index (χ2v) is 3.81. The Morgan fingerprint density at radius 1 is 1.40 bits per heavy atom. The highest BCUT2D eigenvalue weighted by Crippen LogP contribution is 2.24. The van der Waals surface area contributed by atoms with Crippen molar-refractivity contribution in [3.63, 3.8) is 0 Å². The van der Waals surface area contributed by atoms with Gasteiger partial charge in [-0.05, 0) is 19.3 Å². The summed E-state index contributed by atoms with van der Waals surface area (Å²) in [5.41, 5.74) is 0. The molecule has 1 aliphatic carbocycles. The molecule has 0 fully saturated rings. The zero-order valence-electron chi connectivity index (χ0n) is 9.23. The van der Waals surface area contributed by atoms with Crippen LogP contribution in [0.4, 0.5) is 0 Å². The first kappa shape index (κ1) is 11.8. The summed E-state index contributed by atoms with van der Waals surface area (Å²) in [5, 5.41) is 0. The minimum absolute atomic E-state index is 0.216. The summed E-state index contributed by atoms with van der Waals surface area (Å²) >= 11 is 0. The molecule has 0 aromatic carbocycles. The van der Waals surface area contributed by atoms with Crippen LogP contribution in [-0.4, -0.2) is 25.2 Å². The highest BCUT2D eigenvalue weighted by Gasteiger charge is 2.27. The number of methoxy groups -OCH3 is 1. The molecule has 0 aliphatic heterocycles. The van der Waals surface area contributed by atoms with E-state index in [1.165, 1.54) is 14.0 Å². The summed E-state index contributed by atoms with van der Waals surface area (Å²) in [7, 11) is 1.27. The fourth-order valence-electron chi connectivity index (χ4n) is 1.53. The maximum absolute atomic E-state index is 11.5. The Hall–Kier alpha value is -1.32. The summed E-state index contributed by atoms with van der Waals surface area (Å²) in [4.78, 5) is 22.5. The van der Waals surface area contributed by atoms with E-state index in [9.17, 15) is 9.59 Å². The van der Waals surface area contributed by atoms with Gasteiger partial charge in [-0.3, -0.25) is 4.79 Å². The molecule has 3 atom stereocenters. The number of carbonyl (C=O) groups is 2. The first-order valence-electron chi connectivity index (χ1n) is 5.01. The van der Waals surface area contributed by atoms with Crippen molar-refractivity contribution < 1.29 is 19.1 Å². The van der Waals surface area contributed by atoms with Crippen molar-refractivity contribution in [1.82, 2.24) is 0 Å². The second kappa shape index (κ2) is 4.96. The molecule has 0 radical (unpaired) electrons. The third kappa shape index (κ3) is 3.08. The molecule has 0 bridgehead atoms. The number of carbonyl (C=O) groups excluding carboxylic acids is 2. The van der Waals surface area contributed by atoms with Gasteiger partial charge in [0.25, 0.3) is 0 Å². The smallest absolute Gasteiger partial charge is 0.346 e. The Morgan fingerprint density at radius 3 is 2.53 bits per heavy atom. The lowest BCUT2D eigenvalue weighted by molar-refractivity contribution is -0.166. The maximum atomic E-state index is 11.5. The van der Waals surface area contributed by atoms with Gasteiger partial charge in [0, 0.05) is 0 Å². The molecule has 1 unspecified atom stereocenters. The zero-order chi connectivity index (χ0) is 11.4. The van der Waals surface area contributed by atoms with E-state index < -0.39 is 12.1 Å². The molecule has 84 valence electrons. The average molecular weight is 212 g/mol. The zero-order valence-corrected chi connectivity index (χ0v) is 9.23. The van der Waals surface area contributed by atoms with Gasteiger partial charge in [0.2, 0.25) is 0 Å². The Labute approximate surface area is 89.2 Å². The van der Waals surface area contributed by atoms with Crippen molar-refractivity contribution in [2.24, 2.45) is 11.8 Å². The standard InChI is InChI=1S/C11H16O4/c1-7-4-5-9(6-7)11(13)15-8(2)10(12)14-3/h4-5,7-9H,6H2,1-3H3/t7-,8?,9+/m0/s1. The van der Waals surface area contributed by atoms with Gasteiger partial charge in [-0.2, -0.15) is 0 Å². The van der Waals surface area contributed by atoms with E-state index in [0.717, 1.165) is 6.42 Å². The molecular formula is C11H16O4. The van der Waals surface area contributed by atoms with Crippen molar-refractivity contribution in [2.75, 3.05) is 7.11 Å². The van der Waals surface area contributed by atoms with Crippen LogP contribution in [-0.2, 0) is 19.1 Å². The Morgan fingerprint density at radius 2 is 2.07 bits per heavy atom. The van der Waals surface area contributed by atoms with Crippen LogP contribution in [0.15, 0.2) is 12.2 Å². The minimum atomic E-state index is -0.827. The SMILES string of the molecule is COC(=O)C(C)OC(=O)[C@@H]1C=C[C@H](C)C1. The highest BCUT2D eigenvalue weighted by atomic mass is 16.6. The summed E-state index contributed by atoms with van der Waals surface area (Å²) in [6.45, 7) is 3.54. The molecule has 0 aromatic rings. The van der Waals surface area contributed by atoms with Crippen LogP contribution >= 0.6 is 0 Å². The number of esters is 2. The molecule has 0 heterocycles. The lowest BCUT2D eigenvalue weighted by Crippen LogP contribution is -2.28. The Kier molecular flexibility index (Phi) is 3.88. The summed E-state index contributed by atoms with van der Waals surface area (Å²) in [6, 6.07) is 0. The van der Waals surface area contributed by atoms with Gasteiger partial charge in [-0.25, -0.2) is 4.79 Å². The first-order valence-corrected chi connectivity index (χ1v) is 5.01. The predicted octanol–water partition coefficient (Wildman–Crippen LogP) is 1.30. The second-order valence-electron chi connectivity index (χ2n) is 3.81.